The highest BCUT2D eigenvalue weighted by Crippen LogP contribution is 2.42. The Balaban J connectivity index is 2.84. The Kier molecular flexibility index (Phi) is 2.06. The average molecular weight is 156 g/mol. The van der Waals surface area contributed by atoms with Crippen LogP contribution in [-0.2, 0) is 4.79 Å². The first-order valence-electron chi connectivity index (χ1n) is 4.14. The molecule has 0 bridgehead atoms. The van der Waals surface area contributed by atoms with Gasteiger partial charge in [-0.3, -0.25) is 4.79 Å². The average Bonchev–Trinajstić information content (AvgIpc) is 2.04. The zero-order chi connectivity index (χ0) is 8.65. The Morgan fingerprint density at radius 3 is 2.36 bits per heavy atom. The number of hydrogen-bond acceptors (Lipinski definition) is 2. The van der Waals surface area contributed by atoms with Gasteiger partial charge in [0.1, 0.15) is 5.78 Å². The molecule has 1 fully saturated rings. The molecule has 2 nitrogen and oxygen atoms in total. The number of ketones is 1. The molecular weight excluding hydrogens is 140 g/mol. The Labute approximate surface area is 67.6 Å². The van der Waals surface area contributed by atoms with E-state index < -0.39 is 0 Å². The van der Waals surface area contributed by atoms with Gasteiger partial charge in [-0.15, -0.1) is 0 Å². The summed E-state index contributed by atoms with van der Waals surface area (Å²) >= 11 is 0. The summed E-state index contributed by atoms with van der Waals surface area (Å²) in [7, 11) is 0. The van der Waals surface area contributed by atoms with E-state index in [1.54, 1.807) is 0 Å². The van der Waals surface area contributed by atoms with Crippen molar-refractivity contribution >= 4 is 5.78 Å². The van der Waals surface area contributed by atoms with Crippen molar-refractivity contribution < 1.29 is 9.90 Å². The van der Waals surface area contributed by atoms with Crippen molar-refractivity contribution in [2.24, 2.45) is 17.3 Å². The summed E-state index contributed by atoms with van der Waals surface area (Å²) in [6.45, 7) is 6.03. The molecule has 0 spiro atoms. The Morgan fingerprint density at radius 1 is 1.64 bits per heavy atom. The van der Waals surface area contributed by atoms with Crippen LogP contribution in [-0.4, -0.2) is 17.5 Å². The van der Waals surface area contributed by atoms with Crippen molar-refractivity contribution in [2.75, 3.05) is 6.61 Å². The molecule has 0 amide bonds. The first-order chi connectivity index (χ1) is 5.00. The van der Waals surface area contributed by atoms with E-state index in [4.69, 9.17) is 5.11 Å². The molecule has 0 aliphatic heterocycles. The lowest BCUT2D eigenvalue weighted by atomic mass is 9.79. The predicted octanol–water partition coefficient (Wildman–Crippen LogP) is 1.23. The maximum Gasteiger partial charge on any atom is 0.139 e. The molecule has 1 aliphatic rings. The molecule has 0 aromatic heterocycles. The summed E-state index contributed by atoms with van der Waals surface area (Å²) in [5, 5.41) is 9.04. The lowest BCUT2D eigenvalue weighted by Crippen LogP contribution is -2.28. The van der Waals surface area contributed by atoms with Crippen molar-refractivity contribution in [1.29, 1.82) is 0 Å². The largest absolute Gasteiger partial charge is 0.396 e. The summed E-state index contributed by atoms with van der Waals surface area (Å²) < 4.78 is 0. The Bertz CT molecular complexity index is 172. The van der Waals surface area contributed by atoms with Gasteiger partial charge >= 0.3 is 0 Å². The molecule has 1 N–H and O–H groups in total. The fourth-order valence-corrected chi connectivity index (χ4v) is 2.02. The zero-order valence-electron chi connectivity index (χ0n) is 7.42. The molecule has 1 saturated carbocycles. The monoisotopic (exact) mass is 156 g/mol. The van der Waals surface area contributed by atoms with Gasteiger partial charge in [0, 0.05) is 18.4 Å². The molecule has 0 aromatic carbocycles. The van der Waals surface area contributed by atoms with Gasteiger partial charge in [0.2, 0.25) is 0 Å². The minimum Gasteiger partial charge on any atom is -0.396 e. The van der Waals surface area contributed by atoms with Crippen LogP contribution < -0.4 is 0 Å². The molecule has 0 heterocycles. The van der Waals surface area contributed by atoms with E-state index in [2.05, 4.69) is 0 Å². The molecule has 1 aliphatic carbocycles. The number of carbonyl (C=O) groups excluding carboxylic acids is 1. The fraction of sp³-hybridized carbons (Fsp3) is 0.889. The first kappa shape index (κ1) is 8.72. The van der Waals surface area contributed by atoms with Gasteiger partial charge in [-0.2, -0.15) is 0 Å². The fourth-order valence-electron chi connectivity index (χ4n) is 2.02. The molecular formula is C9H16O2. The smallest absolute Gasteiger partial charge is 0.139 e. The molecule has 0 saturated heterocycles. The van der Waals surface area contributed by atoms with E-state index >= 15 is 0 Å². The number of carbonyl (C=O) groups is 1. The summed E-state index contributed by atoms with van der Waals surface area (Å²) in [6.07, 6.45) is 0.637. The Hall–Kier alpha value is -0.370. The number of hydrogen-bond donors (Lipinski definition) is 1. The van der Waals surface area contributed by atoms with Crippen LogP contribution in [0.3, 0.4) is 0 Å². The molecule has 2 heteroatoms. The van der Waals surface area contributed by atoms with Crippen LogP contribution in [0.15, 0.2) is 0 Å². The molecule has 64 valence electrons. The van der Waals surface area contributed by atoms with Crippen LogP contribution in [0.25, 0.3) is 0 Å². The van der Waals surface area contributed by atoms with Crippen LogP contribution >= 0.6 is 0 Å². The number of aliphatic hydroxyl groups is 1. The highest BCUT2D eigenvalue weighted by molar-refractivity contribution is 5.86. The number of rotatable bonds is 1. The van der Waals surface area contributed by atoms with E-state index in [9.17, 15) is 4.79 Å². The van der Waals surface area contributed by atoms with Crippen molar-refractivity contribution in [3.05, 3.63) is 0 Å². The third kappa shape index (κ3) is 1.20. The molecule has 0 unspecified atom stereocenters. The number of aliphatic hydroxyl groups excluding tert-OH is 1. The third-order valence-corrected chi connectivity index (χ3v) is 3.04. The summed E-state index contributed by atoms with van der Waals surface area (Å²) in [6, 6.07) is 0. The van der Waals surface area contributed by atoms with Crippen molar-refractivity contribution in [2.45, 2.75) is 27.2 Å². The number of Topliss-reactive ketones (excluding diaryl/α,β-unsaturated/α-hetero) is 1. The van der Waals surface area contributed by atoms with Crippen LogP contribution in [0.2, 0.25) is 0 Å². The van der Waals surface area contributed by atoms with E-state index in [0.717, 1.165) is 0 Å². The maximum atomic E-state index is 11.4. The lowest BCUT2D eigenvalue weighted by molar-refractivity contribution is -0.125. The summed E-state index contributed by atoms with van der Waals surface area (Å²) in [4.78, 5) is 11.4. The molecule has 1 rings (SSSR count). The lowest BCUT2D eigenvalue weighted by Gasteiger charge is -2.25. The standard InChI is InChI=1S/C9H16O2/c1-6-4-8(11)9(2,3)7(6)5-10/h6-7,10H,4-5H2,1-3H3/t6-,7+/m0/s1. The molecule has 11 heavy (non-hydrogen) atoms. The van der Waals surface area contributed by atoms with Crippen LogP contribution in [0.5, 0.6) is 0 Å². The predicted molar refractivity (Wildman–Crippen MR) is 43.1 cm³/mol. The second-order valence-corrected chi connectivity index (χ2v) is 4.12. The van der Waals surface area contributed by atoms with E-state index in [1.165, 1.54) is 0 Å². The van der Waals surface area contributed by atoms with Crippen molar-refractivity contribution in [3.63, 3.8) is 0 Å². The van der Waals surface area contributed by atoms with Gasteiger partial charge in [0.25, 0.3) is 0 Å². The van der Waals surface area contributed by atoms with Gasteiger partial charge in [0.15, 0.2) is 0 Å². The molecule has 0 radical (unpaired) electrons. The van der Waals surface area contributed by atoms with E-state index in [1.807, 2.05) is 20.8 Å². The van der Waals surface area contributed by atoms with Crippen molar-refractivity contribution in [3.8, 4) is 0 Å². The van der Waals surface area contributed by atoms with Gasteiger partial charge in [0.05, 0.1) is 0 Å². The first-order valence-corrected chi connectivity index (χ1v) is 4.14. The third-order valence-electron chi connectivity index (χ3n) is 3.04. The minimum absolute atomic E-state index is 0.139. The normalized spacial score (nSPS) is 36.2. The highest BCUT2D eigenvalue weighted by Gasteiger charge is 2.45. The zero-order valence-corrected chi connectivity index (χ0v) is 7.42. The van der Waals surface area contributed by atoms with Crippen LogP contribution in [0.1, 0.15) is 27.2 Å². The van der Waals surface area contributed by atoms with E-state index in [0.29, 0.717) is 18.1 Å². The van der Waals surface area contributed by atoms with E-state index in [-0.39, 0.29) is 17.9 Å². The topological polar surface area (TPSA) is 37.3 Å². The molecule has 0 aromatic rings. The van der Waals surface area contributed by atoms with Gasteiger partial charge in [-0.25, -0.2) is 0 Å². The van der Waals surface area contributed by atoms with Gasteiger partial charge in [-0.05, 0) is 11.8 Å². The summed E-state index contributed by atoms with van der Waals surface area (Å²) in [5.74, 6) is 0.807. The highest BCUT2D eigenvalue weighted by atomic mass is 16.3. The SMILES string of the molecule is C[C@H]1CC(=O)C(C)(C)[C@@H]1CO. The van der Waals surface area contributed by atoms with Crippen molar-refractivity contribution in [1.82, 2.24) is 0 Å². The Morgan fingerprint density at radius 2 is 2.18 bits per heavy atom. The van der Waals surface area contributed by atoms with Crippen LogP contribution in [0.4, 0.5) is 0 Å². The van der Waals surface area contributed by atoms with Gasteiger partial charge < -0.3 is 5.11 Å². The van der Waals surface area contributed by atoms with Crippen LogP contribution in [0, 0.1) is 17.3 Å². The quantitative estimate of drug-likeness (QED) is 0.620. The second-order valence-electron chi connectivity index (χ2n) is 4.12. The minimum atomic E-state index is -0.297. The summed E-state index contributed by atoms with van der Waals surface area (Å²) in [5.41, 5.74) is -0.297. The second kappa shape index (κ2) is 2.59. The van der Waals surface area contributed by atoms with Gasteiger partial charge in [-0.1, -0.05) is 20.8 Å². The molecule has 2 atom stereocenters. The maximum absolute atomic E-state index is 11.4.